The van der Waals surface area contributed by atoms with Gasteiger partial charge in [0.1, 0.15) is 0 Å². The number of hydrogen-bond donors (Lipinski definition) is 1. The van der Waals surface area contributed by atoms with Crippen LogP contribution in [0.3, 0.4) is 0 Å². The molecule has 1 rings (SSSR count). The average molecular weight is 237 g/mol. The molecule has 2 heteroatoms. The van der Waals surface area contributed by atoms with Crippen LogP contribution in [0.4, 0.5) is 0 Å². The third-order valence-electron chi connectivity index (χ3n) is 2.68. The van der Waals surface area contributed by atoms with E-state index in [9.17, 15) is 0 Å². The molecule has 0 heterocycles. The van der Waals surface area contributed by atoms with Gasteiger partial charge < -0.3 is 5.73 Å². The second-order valence-electron chi connectivity index (χ2n) is 4.11. The third-order valence-corrected chi connectivity index (χ3v) is 3.77. The van der Waals surface area contributed by atoms with E-state index >= 15 is 0 Å². The Hall–Kier alpha value is -0.470. The van der Waals surface area contributed by atoms with Crippen molar-refractivity contribution in [3.63, 3.8) is 0 Å². The molecule has 0 saturated heterocycles. The number of nitrogens with two attached hydrogens (primary N) is 1. The van der Waals surface area contributed by atoms with Crippen molar-refractivity contribution in [1.82, 2.24) is 0 Å². The van der Waals surface area contributed by atoms with Gasteiger partial charge in [0, 0.05) is 11.4 Å². The topological polar surface area (TPSA) is 26.0 Å². The van der Waals surface area contributed by atoms with E-state index in [4.69, 9.17) is 5.73 Å². The fourth-order valence-corrected chi connectivity index (χ4v) is 2.53. The molecule has 0 aliphatic carbocycles. The molecule has 0 atom stereocenters. The third kappa shape index (κ3) is 5.57. The molecule has 2 N–H and O–H groups in total. The number of thioether (sulfide) groups is 1. The van der Waals surface area contributed by atoms with E-state index in [1.54, 1.807) is 0 Å². The molecule has 1 aromatic carbocycles. The van der Waals surface area contributed by atoms with Gasteiger partial charge in [-0.15, -0.1) is 11.8 Å². The van der Waals surface area contributed by atoms with E-state index in [0.717, 1.165) is 0 Å². The Bertz CT molecular complexity index is 269. The first kappa shape index (κ1) is 13.6. The van der Waals surface area contributed by atoms with Gasteiger partial charge in [-0.1, -0.05) is 44.7 Å². The highest BCUT2D eigenvalue weighted by Crippen LogP contribution is 2.20. The van der Waals surface area contributed by atoms with E-state index in [0.29, 0.717) is 6.54 Å². The van der Waals surface area contributed by atoms with Crippen LogP contribution in [0, 0.1) is 0 Å². The number of rotatable bonds is 8. The SMILES string of the molecule is CCCCCCCSc1ccc(CN)cc1. The lowest BCUT2D eigenvalue weighted by atomic mass is 10.2. The highest BCUT2D eigenvalue weighted by Gasteiger charge is 1.95. The predicted molar refractivity (Wildman–Crippen MR) is 73.8 cm³/mol. The van der Waals surface area contributed by atoms with Gasteiger partial charge in [0.05, 0.1) is 0 Å². The summed E-state index contributed by atoms with van der Waals surface area (Å²) in [6, 6.07) is 8.61. The summed E-state index contributed by atoms with van der Waals surface area (Å²) in [5.74, 6) is 1.24. The zero-order valence-electron chi connectivity index (χ0n) is 10.2. The molecule has 0 aliphatic rings. The summed E-state index contributed by atoms with van der Waals surface area (Å²) in [7, 11) is 0. The molecule has 0 spiro atoms. The Morgan fingerprint density at radius 2 is 1.69 bits per heavy atom. The lowest BCUT2D eigenvalue weighted by molar-refractivity contribution is 0.659. The predicted octanol–water partition coefficient (Wildman–Crippen LogP) is 4.21. The summed E-state index contributed by atoms with van der Waals surface area (Å²) < 4.78 is 0. The fourth-order valence-electron chi connectivity index (χ4n) is 1.62. The van der Waals surface area contributed by atoms with Crippen LogP contribution >= 0.6 is 11.8 Å². The van der Waals surface area contributed by atoms with Crippen molar-refractivity contribution < 1.29 is 0 Å². The second kappa shape index (κ2) is 8.66. The maximum Gasteiger partial charge on any atom is 0.0178 e. The molecule has 0 aromatic heterocycles. The van der Waals surface area contributed by atoms with Crippen molar-refractivity contribution in [2.24, 2.45) is 5.73 Å². The summed E-state index contributed by atoms with van der Waals surface area (Å²) >= 11 is 1.96. The van der Waals surface area contributed by atoms with Gasteiger partial charge in [-0.2, -0.15) is 0 Å². The van der Waals surface area contributed by atoms with Crippen molar-refractivity contribution in [2.45, 2.75) is 50.5 Å². The van der Waals surface area contributed by atoms with Crippen molar-refractivity contribution in [1.29, 1.82) is 0 Å². The van der Waals surface area contributed by atoms with Crippen LogP contribution in [0.15, 0.2) is 29.2 Å². The van der Waals surface area contributed by atoms with Crippen LogP contribution in [-0.2, 0) is 6.54 Å². The molecule has 0 fully saturated rings. The Labute approximate surface area is 104 Å². The summed E-state index contributed by atoms with van der Waals surface area (Å²) in [6.45, 7) is 2.90. The zero-order chi connectivity index (χ0) is 11.6. The first-order valence-corrected chi connectivity index (χ1v) is 7.27. The van der Waals surface area contributed by atoms with Gasteiger partial charge in [-0.05, 0) is 29.9 Å². The van der Waals surface area contributed by atoms with E-state index in [1.165, 1.54) is 48.3 Å². The summed E-state index contributed by atoms with van der Waals surface area (Å²) in [4.78, 5) is 1.37. The molecule has 0 bridgehead atoms. The van der Waals surface area contributed by atoms with Gasteiger partial charge in [0.15, 0.2) is 0 Å². The van der Waals surface area contributed by atoms with Crippen molar-refractivity contribution in [3.05, 3.63) is 29.8 Å². The normalized spacial score (nSPS) is 10.6. The fraction of sp³-hybridized carbons (Fsp3) is 0.571. The molecule has 0 amide bonds. The zero-order valence-corrected chi connectivity index (χ0v) is 11.1. The molecule has 0 unspecified atom stereocenters. The van der Waals surface area contributed by atoms with Crippen molar-refractivity contribution >= 4 is 11.8 Å². The summed E-state index contributed by atoms with van der Waals surface area (Å²) in [5.41, 5.74) is 6.78. The van der Waals surface area contributed by atoms with Gasteiger partial charge in [-0.25, -0.2) is 0 Å². The first-order valence-electron chi connectivity index (χ1n) is 6.28. The molecular formula is C14H23NS. The van der Waals surface area contributed by atoms with Crippen LogP contribution in [0.5, 0.6) is 0 Å². The molecular weight excluding hydrogens is 214 g/mol. The molecule has 0 aliphatic heterocycles. The minimum Gasteiger partial charge on any atom is -0.326 e. The number of benzene rings is 1. The molecule has 0 radical (unpaired) electrons. The van der Waals surface area contributed by atoms with Crippen molar-refractivity contribution in [3.8, 4) is 0 Å². The first-order chi connectivity index (χ1) is 7.86. The van der Waals surface area contributed by atoms with E-state index in [1.807, 2.05) is 11.8 Å². The minimum atomic E-state index is 0.641. The number of hydrogen-bond acceptors (Lipinski definition) is 2. The Morgan fingerprint density at radius 3 is 2.31 bits per heavy atom. The molecule has 16 heavy (non-hydrogen) atoms. The van der Waals surface area contributed by atoms with Crippen LogP contribution in [-0.4, -0.2) is 5.75 Å². The maximum absolute atomic E-state index is 5.56. The van der Waals surface area contributed by atoms with E-state index in [-0.39, 0.29) is 0 Å². The largest absolute Gasteiger partial charge is 0.326 e. The standard InChI is InChI=1S/C14H23NS/c1-2-3-4-5-6-11-16-14-9-7-13(12-15)8-10-14/h7-10H,2-6,11-12,15H2,1H3. The highest BCUT2D eigenvalue weighted by molar-refractivity contribution is 7.99. The lowest BCUT2D eigenvalue weighted by Gasteiger charge is -2.03. The number of unbranched alkanes of at least 4 members (excludes halogenated alkanes) is 4. The minimum absolute atomic E-state index is 0.641. The van der Waals surface area contributed by atoms with Gasteiger partial charge >= 0.3 is 0 Å². The van der Waals surface area contributed by atoms with Crippen LogP contribution in [0.2, 0.25) is 0 Å². The smallest absolute Gasteiger partial charge is 0.0178 e. The van der Waals surface area contributed by atoms with Gasteiger partial charge in [-0.3, -0.25) is 0 Å². The molecule has 90 valence electrons. The van der Waals surface area contributed by atoms with E-state index < -0.39 is 0 Å². The Balaban J connectivity index is 2.12. The summed E-state index contributed by atoms with van der Waals surface area (Å²) in [5, 5.41) is 0. The quantitative estimate of drug-likeness (QED) is 0.541. The Morgan fingerprint density at radius 1 is 1.00 bits per heavy atom. The van der Waals surface area contributed by atoms with Gasteiger partial charge in [0.25, 0.3) is 0 Å². The van der Waals surface area contributed by atoms with Crippen LogP contribution in [0.1, 0.15) is 44.6 Å². The summed E-state index contributed by atoms with van der Waals surface area (Å²) in [6.07, 6.45) is 6.82. The lowest BCUT2D eigenvalue weighted by Crippen LogP contribution is -1.95. The highest BCUT2D eigenvalue weighted by atomic mass is 32.2. The van der Waals surface area contributed by atoms with E-state index in [2.05, 4.69) is 31.2 Å². The van der Waals surface area contributed by atoms with Gasteiger partial charge in [0.2, 0.25) is 0 Å². The van der Waals surface area contributed by atoms with Crippen LogP contribution < -0.4 is 5.73 Å². The molecule has 1 nitrogen and oxygen atoms in total. The molecule has 0 saturated carbocycles. The monoisotopic (exact) mass is 237 g/mol. The van der Waals surface area contributed by atoms with Crippen molar-refractivity contribution in [2.75, 3.05) is 5.75 Å². The molecule has 1 aromatic rings. The second-order valence-corrected chi connectivity index (χ2v) is 5.28. The maximum atomic E-state index is 5.56. The van der Waals surface area contributed by atoms with Crippen LogP contribution in [0.25, 0.3) is 0 Å². The average Bonchev–Trinajstić information content (AvgIpc) is 2.34. The Kier molecular flexibility index (Phi) is 7.35.